The Morgan fingerprint density at radius 1 is 1.20 bits per heavy atom. The zero-order valence-electron chi connectivity index (χ0n) is 12.0. The van der Waals surface area contributed by atoms with Crippen molar-refractivity contribution in [2.24, 2.45) is 5.92 Å². The van der Waals surface area contributed by atoms with Crippen molar-refractivity contribution >= 4 is 0 Å². The second-order valence-corrected chi connectivity index (χ2v) is 5.07. The van der Waals surface area contributed by atoms with Gasteiger partial charge in [0.2, 0.25) is 0 Å². The van der Waals surface area contributed by atoms with Crippen molar-refractivity contribution in [2.75, 3.05) is 6.54 Å². The maximum absolute atomic E-state index is 14.1. The Labute approximate surface area is 117 Å². The molecule has 1 aromatic rings. The van der Waals surface area contributed by atoms with Crippen LogP contribution in [-0.2, 0) is 6.18 Å². The Kier molecular flexibility index (Phi) is 5.99. The van der Waals surface area contributed by atoms with Gasteiger partial charge in [-0.05, 0) is 24.9 Å². The molecule has 1 aromatic carbocycles. The van der Waals surface area contributed by atoms with Crippen LogP contribution < -0.4 is 5.32 Å². The van der Waals surface area contributed by atoms with Crippen LogP contribution in [0.25, 0.3) is 0 Å². The predicted octanol–water partition coefficient (Wildman–Crippen LogP) is 4.93. The van der Waals surface area contributed by atoms with Gasteiger partial charge in [0.05, 0.1) is 5.56 Å². The number of benzene rings is 1. The van der Waals surface area contributed by atoms with E-state index >= 15 is 0 Å². The van der Waals surface area contributed by atoms with Crippen LogP contribution in [0.4, 0.5) is 17.6 Å². The summed E-state index contributed by atoms with van der Waals surface area (Å²) in [5, 5.41) is 3.08. The summed E-state index contributed by atoms with van der Waals surface area (Å²) in [5.41, 5.74) is -1.09. The van der Waals surface area contributed by atoms with Crippen molar-refractivity contribution in [3.8, 4) is 0 Å². The molecule has 0 aliphatic rings. The van der Waals surface area contributed by atoms with E-state index in [0.717, 1.165) is 12.5 Å². The van der Waals surface area contributed by atoms with Crippen molar-refractivity contribution in [3.63, 3.8) is 0 Å². The molecule has 114 valence electrons. The van der Waals surface area contributed by atoms with E-state index in [4.69, 9.17) is 0 Å². The molecule has 0 fully saturated rings. The summed E-state index contributed by atoms with van der Waals surface area (Å²) in [4.78, 5) is 0. The lowest BCUT2D eigenvalue weighted by Crippen LogP contribution is -2.25. The van der Waals surface area contributed by atoms with Gasteiger partial charge in [0.1, 0.15) is 5.82 Å². The number of hydrogen-bond donors (Lipinski definition) is 1. The minimum atomic E-state index is -4.66. The Balaban J connectivity index is 3.14. The molecule has 1 N–H and O–H groups in total. The SMILES string of the molecule is CCNC(CC(C)CC)c1cccc(C(F)(F)F)c1F. The molecule has 2 unspecified atom stereocenters. The van der Waals surface area contributed by atoms with Gasteiger partial charge >= 0.3 is 6.18 Å². The summed E-state index contributed by atoms with van der Waals surface area (Å²) >= 11 is 0. The lowest BCUT2D eigenvalue weighted by molar-refractivity contribution is -0.140. The van der Waals surface area contributed by atoms with E-state index in [0.29, 0.717) is 18.9 Å². The summed E-state index contributed by atoms with van der Waals surface area (Å²) in [6, 6.07) is 3.09. The van der Waals surface area contributed by atoms with Crippen molar-refractivity contribution in [1.29, 1.82) is 0 Å². The largest absolute Gasteiger partial charge is 0.419 e. The summed E-state index contributed by atoms with van der Waals surface area (Å²) in [5.74, 6) is -0.845. The van der Waals surface area contributed by atoms with Gasteiger partial charge in [-0.2, -0.15) is 13.2 Å². The van der Waals surface area contributed by atoms with Crippen molar-refractivity contribution < 1.29 is 17.6 Å². The van der Waals surface area contributed by atoms with E-state index in [9.17, 15) is 17.6 Å². The Bertz CT molecular complexity index is 428. The minimum absolute atomic E-state index is 0.0991. The van der Waals surface area contributed by atoms with Crippen LogP contribution in [0.2, 0.25) is 0 Å². The van der Waals surface area contributed by atoms with Gasteiger partial charge in [-0.1, -0.05) is 39.3 Å². The molecule has 0 radical (unpaired) electrons. The molecule has 0 saturated heterocycles. The molecule has 0 aliphatic carbocycles. The maximum atomic E-state index is 14.1. The third-order valence-corrected chi connectivity index (χ3v) is 3.49. The third-order valence-electron chi connectivity index (χ3n) is 3.49. The third kappa shape index (κ3) is 4.20. The van der Waals surface area contributed by atoms with E-state index in [2.05, 4.69) is 5.32 Å². The van der Waals surface area contributed by atoms with Gasteiger partial charge in [-0.3, -0.25) is 0 Å². The van der Waals surface area contributed by atoms with Crippen molar-refractivity contribution in [3.05, 3.63) is 35.1 Å². The van der Waals surface area contributed by atoms with Gasteiger partial charge in [-0.15, -0.1) is 0 Å². The zero-order chi connectivity index (χ0) is 15.3. The Hall–Kier alpha value is -1.10. The monoisotopic (exact) mass is 291 g/mol. The van der Waals surface area contributed by atoms with E-state index in [1.807, 2.05) is 20.8 Å². The quantitative estimate of drug-likeness (QED) is 0.733. The second kappa shape index (κ2) is 7.07. The number of alkyl halides is 3. The summed E-state index contributed by atoms with van der Waals surface area (Å²) < 4.78 is 52.4. The molecule has 0 heterocycles. The Morgan fingerprint density at radius 3 is 2.35 bits per heavy atom. The standard InChI is InChI=1S/C15H21F4N/c1-4-10(3)9-13(20-5-2)11-7-6-8-12(14(11)16)15(17,18)19/h6-8,10,13,20H,4-5,9H2,1-3H3. The molecule has 1 nitrogen and oxygen atoms in total. The van der Waals surface area contributed by atoms with Crippen LogP contribution >= 0.6 is 0 Å². The van der Waals surface area contributed by atoms with Crippen LogP contribution in [-0.4, -0.2) is 6.54 Å². The van der Waals surface area contributed by atoms with E-state index in [1.54, 1.807) is 0 Å². The topological polar surface area (TPSA) is 12.0 Å². The molecule has 5 heteroatoms. The van der Waals surface area contributed by atoms with Gasteiger partial charge in [0, 0.05) is 11.6 Å². The molecular formula is C15H21F4N. The fourth-order valence-electron chi connectivity index (χ4n) is 2.17. The number of nitrogens with one attached hydrogen (secondary N) is 1. The molecular weight excluding hydrogens is 270 g/mol. The van der Waals surface area contributed by atoms with Crippen molar-refractivity contribution in [1.82, 2.24) is 5.32 Å². The van der Waals surface area contributed by atoms with Crippen LogP contribution in [0.1, 0.15) is 50.8 Å². The first kappa shape index (κ1) is 17.0. The summed E-state index contributed by atoms with van der Waals surface area (Å²) in [6.45, 7) is 6.46. The first-order chi connectivity index (χ1) is 9.31. The predicted molar refractivity (Wildman–Crippen MR) is 71.9 cm³/mol. The van der Waals surface area contributed by atoms with E-state index in [-0.39, 0.29) is 5.56 Å². The average molecular weight is 291 g/mol. The fraction of sp³-hybridized carbons (Fsp3) is 0.600. The highest BCUT2D eigenvalue weighted by atomic mass is 19.4. The first-order valence-corrected chi connectivity index (χ1v) is 6.90. The van der Waals surface area contributed by atoms with Crippen molar-refractivity contribution in [2.45, 2.75) is 45.8 Å². The van der Waals surface area contributed by atoms with Gasteiger partial charge in [0.15, 0.2) is 0 Å². The highest BCUT2D eigenvalue weighted by Crippen LogP contribution is 2.35. The number of rotatable bonds is 6. The molecule has 2 atom stereocenters. The lowest BCUT2D eigenvalue weighted by atomic mass is 9.92. The molecule has 0 saturated carbocycles. The summed E-state index contributed by atoms with van der Waals surface area (Å²) in [7, 11) is 0. The van der Waals surface area contributed by atoms with Gasteiger partial charge in [-0.25, -0.2) is 4.39 Å². The van der Waals surface area contributed by atoms with Gasteiger partial charge < -0.3 is 5.32 Å². The lowest BCUT2D eigenvalue weighted by Gasteiger charge is -2.23. The minimum Gasteiger partial charge on any atom is -0.310 e. The number of hydrogen-bond acceptors (Lipinski definition) is 1. The molecule has 0 aliphatic heterocycles. The average Bonchev–Trinajstić information content (AvgIpc) is 2.37. The molecule has 0 spiro atoms. The summed E-state index contributed by atoms with van der Waals surface area (Å²) in [6.07, 6.45) is -3.14. The fourth-order valence-corrected chi connectivity index (χ4v) is 2.17. The zero-order valence-corrected chi connectivity index (χ0v) is 12.0. The number of halogens is 4. The molecule has 0 bridgehead atoms. The Morgan fingerprint density at radius 2 is 1.85 bits per heavy atom. The van der Waals surface area contributed by atoms with Crippen LogP contribution in [0.5, 0.6) is 0 Å². The smallest absolute Gasteiger partial charge is 0.310 e. The highest BCUT2D eigenvalue weighted by Gasteiger charge is 2.35. The van der Waals surface area contributed by atoms with Crippen LogP contribution in [0.15, 0.2) is 18.2 Å². The molecule has 1 rings (SSSR count). The second-order valence-electron chi connectivity index (χ2n) is 5.07. The highest BCUT2D eigenvalue weighted by molar-refractivity contribution is 5.30. The van der Waals surface area contributed by atoms with E-state index in [1.165, 1.54) is 12.1 Å². The maximum Gasteiger partial charge on any atom is 0.419 e. The van der Waals surface area contributed by atoms with E-state index < -0.39 is 23.6 Å². The molecule has 0 aromatic heterocycles. The first-order valence-electron chi connectivity index (χ1n) is 6.90. The molecule has 0 amide bonds. The van der Waals surface area contributed by atoms with Crippen LogP contribution in [0, 0.1) is 11.7 Å². The molecule has 20 heavy (non-hydrogen) atoms. The normalized spacial score (nSPS) is 15.2. The van der Waals surface area contributed by atoms with Gasteiger partial charge in [0.25, 0.3) is 0 Å². The van der Waals surface area contributed by atoms with Crippen LogP contribution in [0.3, 0.4) is 0 Å².